The second kappa shape index (κ2) is 6.35. The smallest absolute Gasteiger partial charge is 0.245 e. The summed E-state index contributed by atoms with van der Waals surface area (Å²) in [5.74, 6) is 0.451. The number of carbonyl (C=O) groups is 2. The number of thiazole rings is 1. The predicted molar refractivity (Wildman–Crippen MR) is 78.2 cm³/mol. The van der Waals surface area contributed by atoms with Gasteiger partial charge in [-0.3, -0.25) is 9.59 Å². The maximum Gasteiger partial charge on any atom is 0.245 e. The fourth-order valence-corrected chi connectivity index (χ4v) is 3.03. The van der Waals surface area contributed by atoms with Gasteiger partial charge in [0.25, 0.3) is 0 Å². The summed E-state index contributed by atoms with van der Waals surface area (Å²) in [7, 11) is 0. The Morgan fingerprint density at radius 3 is 2.75 bits per heavy atom. The summed E-state index contributed by atoms with van der Waals surface area (Å²) in [5, 5.41) is 1.93. The second-order valence-corrected chi connectivity index (χ2v) is 6.22. The molecule has 0 unspecified atom stereocenters. The van der Waals surface area contributed by atoms with E-state index in [2.05, 4.69) is 18.8 Å². The molecule has 0 bridgehead atoms. The monoisotopic (exact) mass is 295 g/mol. The number of hydrogen-bond donors (Lipinski definition) is 0. The Morgan fingerprint density at radius 1 is 1.45 bits per heavy atom. The summed E-state index contributed by atoms with van der Waals surface area (Å²) in [4.78, 5) is 32.4. The minimum atomic E-state index is -0.349. The largest absolute Gasteiger partial charge is 0.332 e. The Balaban J connectivity index is 2.20. The average molecular weight is 295 g/mol. The van der Waals surface area contributed by atoms with Crippen LogP contribution in [0.2, 0.25) is 0 Å². The van der Waals surface area contributed by atoms with Crippen LogP contribution < -0.4 is 0 Å². The molecule has 0 saturated carbocycles. The van der Waals surface area contributed by atoms with Crippen LogP contribution in [0.15, 0.2) is 10.9 Å². The maximum atomic E-state index is 12.5. The zero-order chi connectivity index (χ0) is 14.7. The third-order valence-electron chi connectivity index (χ3n) is 3.51. The molecule has 20 heavy (non-hydrogen) atoms. The SMILES string of the molecule is CCN1CC(=O)N(Cc2cscn2)[C@@H](CC(C)C)C1=O. The highest BCUT2D eigenvalue weighted by atomic mass is 32.1. The number of nitrogens with zero attached hydrogens (tertiary/aromatic N) is 3. The Morgan fingerprint density at radius 2 is 2.20 bits per heavy atom. The van der Waals surface area contributed by atoms with Crippen molar-refractivity contribution in [3.8, 4) is 0 Å². The van der Waals surface area contributed by atoms with Gasteiger partial charge in [0.1, 0.15) is 6.04 Å². The zero-order valence-corrected chi connectivity index (χ0v) is 13.0. The summed E-state index contributed by atoms with van der Waals surface area (Å²) in [5.41, 5.74) is 2.61. The van der Waals surface area contributed by atoms with Gasteiger partial charge in [-0.2, -0.15) is 0 Å². The number of hydrogen-bond acceptors (Lipinski definition) is 4. The van der Waals surface area contributed by atoms with Crippen LogP contribution in [0.4, 0.5) is 0 Å². The van der Waals surface area contributed by atoms with Crippen LogP contribution in [0.1, 0.15) is 32.9 Å². The number of amides is 2. The molecule has 0 aliphatic carbocycles. The molecule has 1 fully saturated rings. The molecule has 0 aromatic carbocycles. The van der Waals surface area contributed by atoms with Gasteiger partial charge in [0.2, 0.25) is 11.8 Å². The Kier molecular flexibility index (Phi) is 4.75. The summed E-state index contributed by atoms with van der Waals surface area (Å²) in [6.07, 6.45) is 0.700. The van der Waals surface area contributed by atoms with E-state index in [0.29, 0.717) is 25.4 Å². The van der Waals surface area contributed by atoms with Crippen molar-refractivity contribution >= 4 is 23.2 Å². The number of aromatic nitrogens is 1. The highest BCUT2D eigenvalue weighted by Crippen LogP contribution is 2.21. The first-order valence-corrected chi connectivity index (χ1v) is 7.92. The van der Waals surface area contributed by atoms with Crippen LogP contribution in [0.3, 0.4) is 0 Å². The standard InChI is InChI=1S/C14H21N3O2S/c1-4-16-7-13(18)17(6-11-8-20-9-15-11)12(14(16)19)5-10(2)3/h8-10,12H,4-7H2,1-3H3/t12-/m0/s1. The summed E-state index contributed by atoms with van der Waals surface area (Å²) in [6.45, 7) is 7.27. The third-order valence-corrected chi connectivity index (χ3v) is 4.15. The normalized spacial score (nSPS) is 20.1. The Hall–Kier alpha value is -1.43. The van der Waals surface area contributed by atoms with E-state index in [9.17, 15) is 9.59 Å². The van der Waals surface area contributed by atoms with Crippen LogP contribution in [-0.4, -0.2) is 45.7 Å². The number of carbonyl (C=O) groups excluding carboxylic acids is 2. The summed E-state index contributed by atoms with van der Waals surface area (Å²) in [6, 6.07) is -0.349. The van der Waals surface area contributed by atoms with Gasteiger partial charge < -0.3 is 9.80 Å². The molecular weight excluding hydrogens is 274 g/mol. The van der Waals surface area contributed by atoms with E-state index >= 15 is 0 Å². The molecule has 0 spiro atoms. The Labute approximate surface area is 123 Å². The Bertz CT molecular complexity index is 473. The highest BCUT2D eigenvalue weighted by molar-refractivity contribution is 7.07. The van der Waals surface area contributed by atoms with E-state index in [0.717, 1.165) is 5.69 Å². The fraction of sp³-hybridized carbons (Fsp3) is 0.643. The lowest BCUT2D eigenvalue weighted by atomic mass is 9.98. The van der Waals surface area contributed by atoms with Gasteiger partial charge in [-0.1, -0.05) is 13.8 Å². The molecule has 6 heteroatoms. The van der Waals surface area contributed by atoms with Crippen molar-refractivity contribution in [2.75, 3.05) is 13.1 Å². The first-order chi connectivity index (χ1) is 9.52. The van der Waals surface area contributed by atoms with Crippen molar-refractivity contribution in [3.63, 3.8) is 0 Å². The fourth-order valence-electron chi connectivity index (χ4n) is 2.48. The quantitative estimate of drug-likeness (QED) is 0.831. The van der Waals surface area contributed by atoms with E-state index in [1.54, 1.807) is 15.3 Å². The first-order valence-electron chi connectivity index (χ1n) is 6.98. The van der Waals surface area contributed by atoms with Crippen LogP contribution in [0.5, 0.6) is 0 Å². The number of piperazine rings is 1. The molecular formula is C14H21N3O2S. The molecule has 2 heterocycles. The molecule has 1 aromatic heterocycles. The second-order valence-electron chi connectivity index (χ2n) is 5.50. The lowest BCUT2D eigenvalue weighted by Gasteiger charge is -2.40. The van der Waals surface area contributed by atoms with Crippen molar-refractivity contribution in [3.05, 3.63) is 16.6 Å². The minimum Gasteiger partial charge on any atom is -0.332 e. The lowest BCUT2D eigenvalue weighted by Crippen LogP contribution is -2.59. The number of likely N-dealkylation sites (N-methyl/N-ethyl adjacent to an activating group) is 1. The van der Waals surface area contributed by atoms with Crippen molar-refractivity contribution in [1.29, 1.82) is 0 Å². The van der Waals surface area contributed by atoms with Gasteiger partial charge in [-0.15, -0.1) is 11.3 Å². The predicted octanol–water partition coefficient (Wildman–Crippen LogP) is 1.75. The molecule has 0 radical (unpaired) electrons. The van der Waals surface area contributed by atoms with Crippen molar-refractivity contribution < 1.29 is 9.59 Å². The molecule has 2 rings (SSSR count). The van der Waals surface area contributed by atoms with Gasteiger partial charge in [-0.05, 0) is 19.3 Å². The molecule has 0 N–H and O–H groups in total. The summed E-state index contributed by atoms with van der Waals surface area (Å²) < 4.78 is 0. The van der Waals surface area contributed by atoms with Crippen LogP contribution in [-0.2, 0) is 16.1 Å². The molecule has 2 amide bonds. The third kappa shape index (κ3) is 3.17. The average Bonchev–Trinajstić information content (AvgIpc) is 2.90. The minimum absolute atomic E-state index is 0.0186. The van der Waals surface area contributed by atoms with Gasteiger partial charge in [-0.25, -0.2) is 4.98 Å². The van der Waals surface area contributed by atoms with Crippen molar-refractivity contribution in [2.24, 2.45) is 5.92 Å². The number of rotatable bonds is 5. The molecule has 1 aliphatic heterocycles. The topological polar surface area (TPSA) is 53.5 Å². The zero-order valence-electron chi connectivity index (χ0n) is 12.2. The van der Waals surface area contributed by atoms with Crippen LogP contribution >= 0.6 is 11.3 Å². The van der Waals surface area contributed by atoms with Gasteiger partial charge in [0.05, 0.1) is 24.3 Å². The molecule has 1 aliphatic rings. The highest BCUT2D eigenvalue weighted by Gasteiger charge is 2.38. The summed E-state index contributed by atoms with van der Waals surface area (Å²) >= 11 is 1.51. The molecule has 110 valence electrons. The molecule has 1 saturated heterocycles. The van der Waals surface area contributed by atoms with Crippen molar-refractivity contribution in [2.45, 2.75) is 39.8 Å². The van der Waals surface area contributed by atoms with E-state index < -0.39 is 0 Å². The van der Waals surface area contributed by atoms with E-state index in [1.165, 1.54) is 11.3 Å². The van der Waals surface area contributed by atoms with E-state index in [4.69, 9.17) is 0 Å². The lowest BCUT2D eigenvalue weighted by molar-refractivity contribution is -0.157. The maximum absolute atomic E-state index is 12.5. The first kappa shape index (κ1) is 15.0. The van der Waals surface area contributed by atoms with E-state index in [-0.39, 0.29) is 24.4 Å². The molecule has 1 atom stereocenters. The van der Waals surface area contributed by atoms with Gasteiger partial charge >= 0.3 is 0 Å². The molecule has 5 nitrogen and oxygen atoms in total. The van der Waals surface area contributed by atoms with Crippen molar-refractivity contribution in [1.82, 2.24) is 14.8 Å². The van der Waals surface area contributed by atoms with Crippen LogP contribution in [0, 0.1) is 5.92 Å². The van der Waals surface area contributed by atoms with Gasteiger partial charge in [0, 0.05) is 11.9 Å². The van der Waals surface area contributed by atoms with E-state index in [1.807, 2.05) is 12.3 Å². The van der Waals surface area contributed by atoms with Gasteiger partial charge in [0.15, 0.2) is 0 Å². The van der Waals surface area contributed by atoms with Crippen LogP contribution in [0.25, 0.3) is 0 Å². The molecule has 1 aromatic rings.